The number of rotatable bonds is 5. The molecule has 0 amide bonds. The number of hydrogen-bond acceptors (Lipinski definition) is 1. The van der Waals surface area contributed by atoms with Gasteiger partial charge in [0.15, 0.2) is 5.78 Å². The highest BCUT2D eigenvalue weighted by atomic mass is 19.1. The van der Waals surface area contributed by atoms with Crippen LogP contribution in [0.1, 0.15) is 36.0 Å². The maximum absolute atomic E-state index is 14.6. The van der Waals surface area contributed by atoms with Crippen molar-refractivity contribution in [3.05, 3.63) is 101 Å². The van der Waals surface area contributed by atoms with E-state index < -0.39 is 0 Å². The molecule has 0 radical (unpaired) electrons. The van der Waals surface area contributed by atoms with Crippen molar-refractivity contribution in [1.82, 2.24) is 0 Å². The van der Waals surface area contributed by atoms with Crippen molar-refractivity contribution in [2.24, 2.45) is 0 Å². The molecule has 3 aromatic carbocycles. The van der Waals surface area contributed by atoms with Crippen LogP contribution in [0.2, 0.25) is 0 Å². The van der Waals surface area contributed by atoms with Crippen LogP contribution in [0.4, 0.5) is 4.39 Å². The lowest BCUT2D eigenvalue weighted by Crippen LogP contribution is -2.08. The zero-order chi connectivity index (χ0) is 19.0. The van der Waals surface area contributed by atoms with Crippen LogP contribution in [0.5, 0.6) is 0 Å². The number of halogens is 1. The van der Waals surface area contributed by atoms with E-state index in [-0.39, 0.29) is 17.5 Å². The predicted molar refractivity (Wildman–Crippen MR) is 108 cm³/mol. The second-order valence-corrected chi connectivity index (χ2v) is 7.19. The van der Waals surface area contributed by atoms with Crippen molar-refractivity contribution in [2.75, 3.05) is 0 Å². The number of aryl methyl sites for hydroxylation is 1. The van der Waals surface area contributed by atoms with Gasteiger partial charge in [-0.25, -0.2) is 4.39 Å². The van der Waals surface area contributed by atoms with Gasteiger partial charge in [-0.15, -0.1) is 0 Å². The summed E-state index contributed by atoms with van der Waals surface area (Å²) in [7, 11) is 0. The first-order valence-electron chi connectivity index (χ1n) is 9.22. The van der Waals surface area contributed by atoms with Gasteiger partial charge in [0.05, 0.1) is 0 Å². The molecule has 0 aromatic heterocycles. The van der Waals surface area contributed by atoms with E-state index in [0.29, 0.717) is 5.56 Å². The maximum atomic E-state index is 14.6. The molecule has 1 aliphatic rings. The molecule has 0 spiro atoms. The quantitative estimate of drug-likeness (QED) is 0.522. The third-order valence-electron chi connectivity index (χ3n) is 5.23. The van der Waals surface area contributed by atoms with Crippen LogP contribution in [0, 0.1) is 12.7 Å². The molecule has 0 saturated carbocycles. The zero-order valence-corrected chi connectivity index (χ0v) is 15.5. The number of Topliss-reactive ketones (excluding diaryl/α,β-unsaturated/α-hetero) is 1. The molecule has 0 N–H and O–H groups in total. The fraction of sp³-hybridized carbons (Fsp3) is 0.160. The first-order valence-corrected chi connectivity index (χ1v) is 9.22. The highest BCUT2D eigenvalue weighted by Gasteiger charge is 2.32. The molecule has 27 heavy (non-hydrogen) atoms. The smallest absolute Gasteiger partial charge is 0.166 e. The van der Waals surface area contributed by atoms with Crippen molar-refractivity contribution in [1.29, 1.82) is 0 Å². The number of hydrogen-bond donors (Lipinski definition) is 0. The summed E-state index contributed by atoms with van der Waals surface area (Å²) in [6, 6.07) is 22.8. The highest BCUT2D eigenvalue weighted by Crippen LogP contribution is 2.43. The molecule has 3 aromatic rings. The van der Waals surface area contributed by atoms with E-state index >= 15 is 0 Å². The Hall–Kier alpha value is -3.00. The highest BCUT2D eigenvalue weighted by molar-refractivity contribution is 6.14. The van der Waals surface area contributed by atoms with E-state index in [1.165, 1.54) is 11.6 Å². The van der Waals surface area contributed by atoms with Gasteiger partial charge in [-0.3, -0.25) is 4.79 Å². The van der Waals surface area contributed by atoms with Gasteiger partial charge < -0.3 is 0 Å². The number of ketones is 1. The Morgan fingerprint density at radius 1 is 0.926 bits per heavy atom. The van der Waals surface area contributed by atoms with Gasteiger partial charge in [0.1, 0.15) is 5.82 Å². The average Bonchev–Trinajstić information content (AvgIpc) is 3.48. The topological polar surface area (TPSA) is 17.1 Å². The minimum atomic E-state index is -0.346. The molecule has 1 nitrogen and oxygen atoms in total. The Kier molecular flexibility index (Phi) is 4.49. The molecule has 0 bridgehead atoms. The minimum absolute atomic E-state index is 0.0957. The molecule has 0 unspecified atom stereocenters. The van der Waals surface area contributed by atoms with E-state index in [4.69, 9.17) is 0 Å². The summed E-state index contributed by atoms with van der Waals surface area (Å²) in [6.45, 7) is 3.91. The van der Waals surface area contributed by atoms with E-state index in [1.807, 2.05) is 68.4 Å². The average molecular weight is 356 g/mol. The largest absolute Gasteiger partial charge is 0.294 e. The summed E-state index contributed by atoms with van der Waals surface area (Å²) >= 11 is 0. The summed E-state index contributed by atoms with van der Waals surface area (Å²) < 4.78 is 14.6. The van der Waals surface area contributed by atoms with Crippen LogP contribution >= 0.6 is 0 Å². The summed E-state index contributed by atoms with van der Waals surface area (Å²) in [6.07, 6.45) is 0.733. The predicted octanol–water partition coefficient (Wildman–Crippen LogP) is 6.33. The fourth-order valence-electron chi connectivity index (χ4n) is 3.54. The van der Waals surface area contributed by atoms with Crippen molar-refractivity contribution < 1.29 is 9.18 Å². The number of allylic oxidation sites excluding steroid dienone is 2. The SMILES string of the molecule is Cc1cccc(C2=C(C(=O)[C@H](C)c3ccc(-c4ccccc4)c(F)c3)C2)c1. The Balaban J connectivity index is 1.57. The third kappa shape index (κ3) is 3.48. The normalized spacial score (nSPS) is 14.2. The molecular weight excluding hydrogens is 335 g/mol. The third-order valence-corrected chi connectivity index (χ3v) is 5.23. The van der Waals surface area contributed by atoms with Crippen molar-refractivity contribution in [3.8, 4) is 11.1 Å². The lowest BCUT2D eigenvalue weighted by atomic mass is 9.93. The Labute approximate surface area is 159 Å². The lowest BCUT2D eigenvalue weighted by molar-refractivity contribution is -0.116. The van der Waals surface area contributed by atoms with Crippen molar-refractivity contribution in [2.45, 2.75) is 26.2 Å². The molecule has 0 saturated heterocycles. The van der Waals surface area contributed by atoms with E-state index in [1.54, 1.807) is 6.07 Å². The van der Waals surface area contributed by atoms with Crippen LogP contribution in [0.15, 0.2) is 78.4 Å². The summed E-state index contributed by atoms with van der Waals surface area (Å²) in [5.74, 6) is -0.540. The van der Waals surface area contributed by atoms with Gasteiger partial charge in [0.2, 0.25) is 0 Å². The van der Waals surface area contributed by atoms with E-state index in [2.05, 4.69) is 6.07 Å². The molecule has 0 aliphatic heterocycles. The summed E-state index contributed by atoms with van der Waals surface area (Å²) in [4.78, 5) is 12.9. The molecule has 2 heteroatoms. The van der Waals surface area contributed by atoms with Crippen LogP contribution in [0.25, 0.3) is 16.7 Å². The maximum Gasteiger partial charge on any atom is 0.166 e. The second kappa shape index (κ2) is 6.96. The first kappa shape index (κ1) is 17.4. The standard InChI is InChI=1S/C25H21FO/c1-16-7-6-10-20(13-16)22-15-23(22)25(27)17(2)19-11-12-21(24(26)14-19)18-8-4-3-5-9-18/h3-14,17H,15H2,1-2H3/t17-/m1/s1. The number of benzene rings is 3. The molecule has 4 rings (SSSR count). The Morgan fingerprint density at radius 2 is 1.67 bits per heavy atom. The summed E-state index contributed by atoms with van der Waals surface area (Å²) in [5.41, 5.74) is 6.43. The van der Waals surface area contributed by atoms with Crippen LogP contribution < -0.4 is 0 Å². The number of carbonyl (C=O) groups is 1. The molecule has 134 valence electrons. The van der Waals surface area contributed by atoms with Gasteiger partial charge in [0.25, 0.3) is 0 Å². The molecule has 1 aliphatic carbocycles. The van der Waals surface area contributed by atoms with Crippen molar-refractivity contribution in [3.63, 3.8) is 0 Å². The van der Waals surface area contributed by atoms with Gasteiger partial charge in [-0.05, 0) is 35.3 Å². The Morgan fingerprint density at radius 3 is 2.37 bits per heavy atom. The van der Waals surface area contributed by atoms with Crippen LogP contribution in [-0.4, -0.2) is 5.78 Å². The van der Waals surface area contributed by atoms with Gasteiger partial charge >= 0.3 is 0 Å². The van der Waals surface area contributed by atoms with E-state index in [9.17, 15) is 9.18 Å². The van der Waals surface area contributed by atoms with Gasteiger partial charge in [-0.2, -0.15) is 0 Å². The van der Waals surface area contributed by atoms with Crippen molar-refractivity contribution >= 4 is 11.4 Å². The van der Waals surface area contributed by atoms with Crippen LogP contribution in [0.3, 0.4) is 0 Å². The van der Waals surface area contributed by atoms with Crippen LogP contribution in [-0.2, 0) is 4.79 Å². The van der Waals surface area contributed by atoms with E-state index in [0.717, 1.165) is 34.3 Å². The minimum Gasteiger partial charge on any atom is -0.294 e. The Bertz CT molecular complexity index is 1050. The monoisotopic (exact) mass is 356 g/mol. The first-order chi connectivity index (χ1) is 13.0. The van der Waals surface area contributed by atoms with Gasteiger partial charge in [0, 0.05) is 23.5 Å². The lowest BCUT2D eigenvalue weighted by Gasteiger charge is -2.11. The molecule has 1 atom stereocenters. The second-order valence-electron chi connectivity index (χ2n) is 7.19. The molecule has 0 heterocycles. The number of carbonyl (C=O) groups excluding carboxylic acids is 1. The fourth-order valence-corrected chi connectivity index (χ4v) is 3.54. The molecular formula is C25H21FO. The molecule has 0 fully saturated rings. The summed E-state index contributed by atoms with van der Waals surface area (Å²) in [5, 5.41) is 0. The van der Waals surface area contributed by atoms with Gasteiger partial charge in [-0.1, -0.05) is 79.2 Å². The zero-order valence-electron chi connectivity index (χ0n) is 15.5.